The largest absolute Gasteiger partial charge is 0.544 e. The molecule has 0 radical (unpaired) electrons. The average molecular weight is 357 g/mol. The van der Waals surface area contributed by atoms with Crippen LogP contribution in [0.5, 0.6) is 0 Å². The Bertz CT molecular complexity index is 564. The maximum Gasteiger partial charge on any atom is 0.230 e. The Morgan fingerprint density at radius 3 is 2.71 bits per heavy atom. The van der Waals surface area contributed by atoms with Crippen molar-refractivity contribution >= 4 is 29.2 Å². The summed E-state index contributed by atoms with van der Waals surface area (Å²) in [6.07, 6.45) is -0.142. The summed E-state index contributed by atoms with van der Waals surface area (Å²) in [5.41, 5.74) is 0.482. The highest BCUT2D eigenvalue weighted by Gasteiger charge is 2.21. The van der Waals surface area contributed by atoms with Crippen LogP contribution >= 0.6 is 11.6 Å². The Balaban J connectivity index is 1.78. The van der Waals surface area contributed by atoms with Gasteiger partial charge in [-0.1, -0.05) is 23.7 Å². The molecule has 0 unspecified atom stereocenters. The normalized spacial score (nSPS) is 16.5. The Kier molecular flexibility index (Phi) is 7.45. The minimum atomic E-state index is -1.22. The van der Waals surface area contributed by atoms with Gasteiger partial charge in [0.2, 0.25) is 5.91 Å². The number of amides is 1. The van der Waals surface area contributed by atoms with Crippen molar-refractivity contribution in [1.29, 1.82) is 0 Å². The maximum atomic E-state index is 12.1. The highest BCUT2D eigenvalue weighted by Crippen LogP contribution is 2.20. The molecule has 24 heavy (non-hydrogen) atoms. The van der Waals surface area contributed by atoms with Gasteiger partial charge in [0.15, 0.2) is 0 Å². The number of carbonyl (C=O) groups is 2. The van der Waals surface area contributed by atoms with Crippen molar-refractivity contribution in [2.45, 2.75) is 12.5 Å². The number of carbonyl (C=O) groups excluding carboxylic acids is 2. The van der Waals surface area contributed by atoms with Crippen molar-refractivity contribution in [2.75, 3.05) is 44.6 Å². The molecule has 1 atom stereocenters. The summed E-state index contributed by atoms with van der Waals surface area (Å²) in [4.78, 5) is 24.8. The van der Waals surface area contributed by atoms with Crippen LogP contribution in [0.1, 0.15) is 6.42 Å². The lowest BCUT2D eigenvalue weighted by molar-refractivity contribution is -0.955. The number of hydrogen-bond acceptors (Lipinski definition) is 3. The number of nitrogens with two attached hydrogens (primary N) is 2. The summed E-state index contributed by atoms with van der Waals surface area (Å²) < 4.78 is 0. The second kappa shape index (κ2) is 9.58. The molecule has 1 aromatic carbocycles. The van der Waals surface area contributed by atoms with Gasteiger partial charge in [0.1, 0.15) is 45.3 Å². The molecule has 1 aromatic rings. The molecular weight excluding hydrogens is 332 g/mol. The average Bonchev–Trinajstić information content (AvgIpc) is 2.57. The van der Waals surface area contributed by atoms with E-state index in [0.29, 0.717) is 17.3 Å². The third kappa shape index (κ3) is 6.09. The number of anilines is 1. The maximum absolute atomic E-state index is 12.1. The van der Waals surface area contributed by atoms with E-state index in [-0.39, 0.29) is 12.3 Å². The SMILES string of the molecule is O=C(C[C@@H]([NH2+]CC[NH+]1CC[NH2+]CC1)C(=O)[O-])Nc1ccccc1Cl. The van der Waals surface area contributed by atoms with Gasteiger partial charge in [0.05, 0.1) is 23.1 Å². The zero-order valence-electron chi connectivity index (χ0n) is 13.6. The van der Waals surface area contributed by atoms with Crippen LogP contribution in [0, 0.1) is 0 Å². The van der Waals surface area contributed by atoms with Crippen LogP contribution in [-0.4, -0.2) is 57.2 Å². The number of carboxylic acids is 1. The molecule has 2 rings (SSSR count). The summed E-state index contributed by atoms with van der Waals surface area (Å²) in [6.45, 7) is 5.96. The van der Waals surface area contributed by atoms with E-state index < -0.39 is 12.0 Å². The lowest BCUT2D eigenvalue weighted by Crippen LogP contribution is -3.22. The first-order valence-electron chi connectivity index (χ1n) is 8.30. The molecule has 1 aliphatic rings. The fourth-order valence-corrected chi connectivity index (χ4v) is 3.03. The molecule has 0 saturated carbocycles. The molecular formula is C16H25ClN4O3+2. The van der Waals surface area contributed by atoms with Crippen LogP contribution in [0.25, 0.3) is 0 Å². The molecule has 132 valence electrons. The molecule has 1 fully saturated rings. The fraction of sp³-hybridized carbons (Fsp3) is 0.500. The second-order valence-electron chi connectivity index (χ2n) is 6.05. The molecule has 0 bridgehead atoms. The van der Waals surface area contributed by atoms with Crippen molar-refractivity contribution < 1.29 is 30.2 Å². The Morgan fingerprint density at radius 1 is 1.33 bits per heavy atom. The molecule has 6 N–H and O–H groups in total. The number of carboxylic acid groups (broad SMARTS) is 1. The number of hydrogen-bond donors (Lipinski definition) is 4. The summed E-state index contributed by atoms with van der Waals surface area (Å²) >= 11 is 5.98. The Hall–Kier alpha value is -1.67. The molecule has 0 aromatic heterocycles. The van der Waals surface area contributed by atoms with Crippen LogP contribution in [0.4, 0.5) is 5.69 Å². The third-order valence-corrected chi connectivity index (χ3v) is 4.54. The van der Waals surface area contributed by atoms with Gasteiger partial charge in [-0.25, -0.2) is 0 Å². The zero-order valence-corrected chi connectivity index (χ0v) is 14.3. The number of nitrogens with one attached hydrogen (secondary N) is 2. The number of quaternary nitrogens is 3. The lowest BCUT2D eigenvalue weighted by atomic mass is 10.2. The summed E-state index contributed by atoms with van der Waals surface area (Å²) in [7, 11) is 0. The van der Waals surface area contributed by atoms with E-state index in [1.165, 1.54) is 4.90 Å². The van der Waals surface area contributed by atoms with Gasteiger partial charge in [-0.15, -0.1) is 0 Å². The molecule has 1 amide bonds. The first-order chi connectivity index (χ1) is 11.6. The van der Waals surface area contributed by atoms with E-state index in [2.05, 4.69) is 10.6 Å². The monoisotopic (exact) mass is 356 g/mol. The standard InChI is InChI=1S/C16H23ClN4O3/c17-12-3-1-2-4-13(12)20-15(22)11-14(16(23)24)19-7-10-21-8-5-18-6-9-21/h1-4,14,18-19H,5-11H2,(H,20,22)(H,23,24)/p+2/t14-/m1/s1. The molecule has 7 nitrogen and oxygen atoms in total. The van der Waals surface area contributed by atoms with Crippen LogP contribution in [0.2, 0.25) is 5.02 Å². The number of rotatable bonds is 8. The Morgan fingerprint density at radius 2 is 2.04 bits per heavy atom. The van der Waals surface area contributed by atoms with Crippen LogP contribution in [0.15, 0.2) is 24.3 Å². The fourth-order valence-electron chi connectivity index (χ4n) is 2.85. The van der Waals surface area contributed by atoms with Crippen LogP contribution in [0.3, 0.4) is 0 Å². The third-order valence-electron chi connectivity index (χ3n) is 4.21. The van der Waals surface area contributed by atoms with Crippen molar-refractivity contribution in [2.24, 2.45) is 0 Å². The summed E-state index contributed by atoms with van der Waals surface area (Å²) in [6, 6.07) is 5.97. The summed E-state index contributed by atoms with van der Waals surface area (Å²) in [5.74, 6) is -1.60. The van der Waals surface area contributed by atoms with Crippen LogP contribution in [-0.2, 0) is 9.59 Å². The minimum Gasteiger partial charge on any atom is -0.544 e. The van der Waals surface area contributed by atoms with Gasteiger partial charge in [0, 0.05) is 0 Å². The molecule has 1 heterocycles. The first-order valence-corrected chi connectivity index (χ1v) is 8.68. The van der Waals surface area contributed by atoms with Gasteiger partial charge in [-0.2, -0.15) is 0 Å². The van der Waals surface area contributed by atoms with Gasteiger partial charge in [-0.3, -0.25) is 4.79 Å². The molecule has 1 saturated heterocycles. The van der Waals surface area contributed by atoms with E-state index in [0.717, 1.165) is 32.7 Å². The second-order valence-corrected chi connectivity index (χ2v) is 6.46. The van der Waals surface area contributed by atoms with Gasteiger partial charge < -0.3 is 30.8 Å². The number of halogens is 1. The molecule has 0 spiro atoms. The molecule has 8 heteroatoms. The first kappa shape index (κ1) is 18.7. The van der Waals surface area contributed by atoms with Crippen molar-refractivity contribution in [3.05, 3.63) is 29.3 Å². The quantitative estimate of drug-likeness (QED) is 0.379. The minimum absolute atomic E-state index is 0.142. The number of para-hydroxylation sites is 1. The highest BCUT2D eigenvalue weighted by atomic mass is 35.5. The Labute approximate surface area is 146 Å². The number of benzene rings is 1. The van der Waals surface area contributed by atoms with E-state index in [9.17, 15) is 14.7 Å². The van der Waals surface area contributed by atoms with E-state index >= 15 is 0 Å². The topological polar surface area (TPSA) is 107 Å². The van der Waals surface area contributed by atoms with Gasteiger partial charge in [-0.05, 0) is 12.1 Å². The number of aliphatic carboxylic acids is 1. The lowest BCUT2D eigenvalue weighted by Gasteiger charge is -2.22. The molecule has 1 aliphatic heterocycles. The number of piperazine rings is 1. The van der Waals surface area contributed by atoms with Crippen LogP contribution < -0.4 is 26.0 Å². The van der Waals surface area contributed by atoms with E-state index in [1.807, 2.05) is 0 Å². The van der Waals surface area contributed by atoms with E-state index in [1.54, 1.807) is 29.6 Å². The van der Waals surface area contributed by atoms with Crippen molar-refractivity contribution in [3.8, 4) is 0 Å². The molecule has 0 aliphatic carbocycles. The van der Waals surface area contributed by atoms with Crippen molar-refractivity contribution in [1.82, 2.24) is 0 Å². The van der Waals surface area contributed by atoms with Crippen molar-refractivity contribution in [3.63, 3.8) is 0 Å². The predicted octanol–water partition coefficient (Wildman–Crippen LogP) is -4.19. The van der Waals surface area contributed by atoms with Gasteiger partial charge in [0.25, 0.3) is 0 Å². The highest BCUT2D eigenvalue weighted by molar-refractivity contribution is 6.33. The van der Waals surface area contributed by atoms with Gasteiger partial charge >= 0.3 is 0 Å². The smallest absolute Gasteiger partial charge is 0.230 e. The predicted molar refractivity (Wildman–Crippen MR) is 87.5 cm³/mol. The summed E-state index contributed by atoms with van der Waals surface area (Å²) in [5, 5.41) is 18.3. The van der Waals surface area contributed by atoms with E-state index in [4.69, 9.17) is 11.6 Å². The zero-order chi connectivity index (χ0) is 17.4.